The summed E-state index contributed by atoms with van der Waals surface area (Å²) < 4.78 is 43.6. The SMILES string of the molecule is OCCCNc1nc(NCc2ccco2)cc(C(F)(F)F)n1. The van der Waals surface area contributed by atoms with Crippen LogP contribution in [-0.2, 0) is 12.7 Å². The average Bonchev–Trinajstić information content (AvgIpc) is 2.98. The van der Waals surface area contributed by atoms with E-state index in [1.165, 1.54) is 6.26 Å². The Morgan fingerprint density at radius 3 is 2.68 bits per heavy atom. The van der Waals surface area contributed by atoms with Crippen molar-refractivity contribution in [2.24, 2.45) is 0 Å². The van der Waals surface area contributed by atoms with Crippen molar-refractivity contribution >= 4 is 11.8 Å². The van der Waals surface area contributed by atoms with E-state index in [-0.39, 0.29) is 31.5 Å². The van der Waals surface area contributed by atoms with Crippen LogP contribution in [0.4, 0.5) is 24.9 Å². The third-order valence-corrected chi connectivity index (χ3v) is 2.66. The largest absolute Gasteiger partial charge is 0.467 e. The lowest BCUT2D eigenvalue weighted by atomic mass is 10.3. The topological polar surface area (TPSA) is 83.2 Å². The molecule has 0 aliphatic rings. The summed E-state index contributed by atoms with van der Waals surface area (Å²) in [6, 6.07) is 4.21. The van der Waals surface area contributed by atoms with Crippen LogP contribution in [0, 0.1) is 0 Å². The van der Waals surface area contributed by atoms with E-state index in [9.17, 15) is 13.2 Å². The molecule has 0 spiro atoms. The number of aliphatic hydroxyl groups excluding tert-OH is 1. The second kappa shape index (κ2) is 7.12. The van der Waals surface area contributed by atoms with E-state index in [1.807, 2.05) is 0 Å². The standard InChI is InChI=1S/C13H15F3N4O2/c14-13(15,16)10-7-11(18-8-9-3-1-6-22-9)20-12(19-10)17-4-2-5-21/h1,3,6-7,21H,2,4-5,8H2,(H2,17,18,19,20). The number of aromatic nitrogens is 2. The quantitative estimate of drug-likeness (QED) is 0.681. The predicted molar refractivity (Wildman–Crippen MR) is 73.3 cm³/mol. The van der Waals surface area contributed by atoms with Gasteiger partial charge in [0.15, 0.2) is 5.69 Å². The van der Waals surface area contributed by atoms with Gasteiger partial charge in [0, 0.05) is 19.2 Å². The Hall–Kier alpha value is -2.29. The van der Waals surface area contributed by atoms with Crippen LogP contribution < -0.4 is 10.6 Å². The Kier molecular flexibility index (Phi) is 5.21. The van der Waals surface area contributed by atoms with Gasteiger partial charge in [-0.15, -0.1) is 0 Å². The van der Waals surface area contributed by atoms with Crippen LogP contribution in [0.15, 0.2) is 28.9 Å². The lowest BCUT2D eigenvalue weighted by Gasteiger charge is -2.12. The fourth-order valence-electron chi connectivity index (χ4n) is 1.63. The summed E-state index contributed by atoms with van der Waals surface area (Å²) in [6.07, 6.45) is -2.72. The minimum absolute atomic E-state index is 0.0326. The Morgan fingerprint density at radius 1 is 1.23 bits per heavy atom. The Morgan fingerprint density at radius 2 is 2.05 bits per heavy atom. The number of alkyl halides is 3. The molecule has 0 unspecified atom stereocenters. The first kappa shape index (κ1) is 16.1. The lowest BCUT2D eigenvalue weighted by Crippen LogP contribution is -2.15. The summed E-state index contributed by atoms with van der Waals surface area (Å²) in [7, 11) is 0. The Bertz CT molecular complexity index is 587. The Labute approximate surface area is 124 Å². The molecule has 0 bridgehead atoms. The van der Waals surface area contributed by atoms with E-state index in [0.717, 1.165) is 6.07 Å². The molecule has 0 amide bonds. The zero-order chi connectivity index (χ0) is 16.0. The summed E-state index contributed by atoms with van der Waals surface area (Å²) in [4.78, 5) is 7.39. The zero-order valence-electron chi connectivity index (χ0n) is 11.5. The molecule has 120 valence electrons. The van der Waals surface area contributed by atoms with Gasteiger partial charge in [0.05, 0.1) is 12.8 Å². The predicted octanol–water partition coefficient (Wildman–Crippen LogP) is 2.49. The molecule has 0 radical (unpaired) electrons. The van der Waals surface area contributed by atoms with Gasteiger partial charge in [-0.3, -0.25) is 0 Å². The minimum Gasteiger partial charge on any atom is -0.467 e. The summed E-state index contributed by atoms with van der Waals surface area (Å²) in [5.41, 5.74) is -1.05. The number of rotatable bonds is 7. The van der Waals surface area contributed by atoms with Crippen molar-refractivity contribution in [1.82, 2.24) is 9.97 Å². The molecule has 3 N–H and O–H groups in total. The summed E-state index contributed by atoms with van der Waals surface area (Å²) in [5, 5.41) is 14.1. The molecule has 2 aromatic heterocycles. The van der Waals surface area contributed by atoms with Crippen molar-refractivity contribution in [1.29, 1.82) is 0 Å². The molecular formula is C13H15F3N4O2. The number of furan rings is 1. The molecule has 0 aliphatic carbocycles. The van der Waals surface area contributed by atoms with Gasteiger partial charge in [0.25, 0.3) is 0 Å². The molecule has 0 aromatic carbocycles. The second-order valence-corrected chi connectivity index (χ2v) is 4.40. The van der Waals surface area contributed by atoms with E-state index < -0.39 is 11.9 Å². The Balaban J connectivity index is 2.14. The fraction of sp³-hybridized carbons (Fsp3) is 0.385. The molecule has 0 atom stereocenters. The van der Waals surface area contributed by atoms with E-state index in [1.54, 1.807) is 12.1 Å². The van der Waals surface area contributed by atoms with Crippen LogP contribution in [0.25, 0.3) is 0 Å². The number of nitrogens with one attached hydrogen (secondary N) is 2. The van der Waals surface area contributed by atoms with Gasteiger partial charge >= 0.3 is 6.18 Å². The molecule has 22 heavy (non-hydrogen) atoms. The van der Waals surface area contributed by atoms with Gasteiger partial charge in [-0.1, -0.05) is 0 Å². The van der Waals surface area contributed by atoms with Crippen LogP contribution in [0.5, 0.6) is 0 Å². The van der Waals surface area contributed by atoms with Gasteiger partial charge in [-0.05, 0) is 18.6 Å². The van der Waals surface area contributed by atoms with Crippen molar-refractivity contribution in [3.05, 3.63) is 35.9 Å². The highest BCUT2D eigenvalue weighted by Crippen LogP contribution is 2.29. The summed E-state index contributed by atoms with van der Waals surface area (Å²) >= 11 is 0. The average molecular weight is 316 g/mol. The number of halogens is 3. The van der Waals surface area contributed by atoms with Gasteiger partial charge in [-0.25, -0.2) is 4.98 Å². The highest BCUT2D eigenvalue weighted by Gasteiger charge is 2.33. The maximum atomic E-state index is 12.8. The first-order valence-corrected chi connectivity index (χ1v) is 6.56. The number of hydrogen-bond donors (Lipinski definition) is 3. The molecular weight excluding hydrogens is 301 g/mol. The van der Waals surface area contributed by atoms with Crippen LogP contribution in [0.3, 0.4) is 0 Å². The highest BCUT2D eigenvalue weighted by atomic mass is 19.4. The van der Waals surface area contributed by atoms with Crippen LogP contribution in [0.2, 0.25) is 0 Å². The van der Waals surface area contributed by atoms with Crippen LogP contribution in [0.1, 0.15) is 17.9 Å². The maximum absolute atomic E-state index is 12.8. The van der Waals surface area contributed by atoms with Crippen molar-refractivity contribution < 1.29 is 22.7 Å². The molecule has 0 saturated heterocycles. The summed E-state index contributed by atoms with van der Waals surface area (Å²) in [6.45, 7) is 0.405. The van der Waals surface area contributed by atoms with Crippen molar-refractivity contribution in [2.75, 3.05) is 23.8 Å². The number of aliphatic hydroxyl groups is 1. The molecule has 6 nitrogen and oxygen atoms in total. The molecule has 2 rings (SSSR count). The smallest absolute Gasteiger partial charge is 0.433 e. The molecule has 0 fully saturated rings. The fourth-order valence-corrected chi connectivity index (χ4v) is 1.63. The maximum Gasteiger partial charge on any atom is 0.433 e. The summed E-state index contributed by atoms with van der Waals surface area (Å²) in [5.74, 6) is 0.456. The van der Waals surface area contributed by atoms with Gasteiger partial charge in [-0.2, -0.15) is 18.2 Å². The molecule has 2 heterocycles. The number of nitrogens with zero attached hydrogens (tertiary/aromatic N) is 2. The molecule has 0 aliphatic heterocycles. The number of anilines is 2. The number of hydrogen-bond acceptors (Lipinski definition) is 6. The van der Waals surface area contributed by atoms with Gasteiger partial charge in [0.1, 0.15) is 11.6 Å². The van der Waals surface area contributed by atoms with E-state index in [2.05, 4.69) is 20.6 Å². The van der Waals surface area contributed by atoms with Crippen molar-refractivity contribution in [3.8, 4) is 0 Å². The zero-order valence-corrected chi connectivity index (χ0v) is 11.5. The molecule has 9 heteroatoms. The van der Waals surface area contributed by atoms with E-state index in [0.29, 0.717) is 12.2 Å². The van der Waals surface area contributed by atoms with Crippen molar-refractivity contribution in [3.63, 3.8) is 0 Å². The second-order valence-electron chi connectivity index (χ2n) is 4.40. The van der Waals surface area contributed by atoms with Crippen molar-refractivity contribution in [2.45, 2.75) is 19.1 Å². The van der Waals surface area contributed by atoms with Gasteiger partial charge in [0.2, 0.25) is 5.95 Å². The monoisotopic (exact) mass is 316 g/mol. The van der Waals surface area contributed by atoms with Crippen LogP contribution in [-0.4, -0.2) is 28.2 Å². The normalized spacial score (nSPS) is 11.5. The first-order valence-electron chi connectivity index (χ1n) is 6.56. The van der Waals surface area contributed by atoms with Crippen LogP contribution >= 0.6 is 0 Å². The third kappa shape index (κ3) is 4.62. The van der Waals surface area contributed by atoms with Gasteiger partial charge < -0.3 is 20.2 Å². The highest BCUT2D eigenvalue weighted by molar-refractivity contribution is 5.43. The third-order valence-electron chi connectivity index (χ3n) is 2.66. The van der Waals surface area contributed by atoms with E-state index >= 15 is 0 Å². The lowest BCUT2D eigenvalue weighted by molar-refractivity contribution is -0.141. The van der Waals surface area contributed by atoms with E-state index in [4.69, 9.17) is 9.52 Å². The molecule has 0 saturated carbocycles. The first-order chi connectivity index (χ1) is 10.5. The molecule has 2 aromatic rings. The minimum atomic E-state index is -4.57.